The lowest BCUT2D eigenvalue weighted by molar-refractivity contribution is -0.113. The molecule has 1 amide bonds. The standard InChI is InChI=1S/C23H14BrCl2NO2S2/c24-16-7-9-20(29-13-14-6-8-17(25)12-19(14)26)15(10-16)11-21-22(28)27(23(30)31-21)18-4-2-1-3-5-18/h1-12H,13H2/b21-11+. The minimum absolute atomic E-state index is 0.159. The number of carbonyl (C=O) groups excluding carboxylic acids is 1. The van der Waals surface area contributed by atoms with Crippen LogP contribution >= 0.6 is 63.1 Å². The molecule has 1 heterocycles. The molecule has 4 rings (SSSR count). The molecule has 0 unspecified atom stereocenters. The van der Waals surface area contributed by atoms with Gasteiger partial charge in [0.1, 0.15) is 12.4 Å². The van der Waals surface area contributed by atoms with E-state index in [1.165, 1.54) is 16.7 Å². The first kappa shape index (κ1) is 22.4. The molecule has 156 valence electrons. The van der Waals surface area contributed by atoms with Crippen molar-refractivity contribution in [3.05, 3.63) is 97.3 Å². The Kier molecular flexibility index (Phi) is 7.04. The van der Waals surface area contributed by atoms with Gasteiger partial charge in [-0.25, -0.2) is 0 Å². The highest BCUT2D eigenvalue weighted by atomic mass is 79.9. The van der Waals surface area contributed by atoms with Gasteiger partial charge in [-0.2, -0.15) is 0 Å². The van der Waals surface area contributed by atoms with Gasteiger partial charge in [0.15, 0.2) is 4.32 Å². The number of rotatable bonds is 5. The van der Waals surface area contributed by atoms with E-state index in [1.807, 2.05) is 54.6 Å². The quantitative estimate of drug-likeness (QED) is 0.240. The van der Waals surface area contributed by atoms with Gasteiger partial charge in [-0.3, -0.25) is 9.69 Å². The molecule has 31 heavy (non-hydrogen) atoms. The maximum atomic E-state index is 13.0. The van der Waals surface area contributed by atoms with Gasteiger partial charge in [-0.15, -0.1) is 0 Å². The molecule has 0 N–H and O–H groups in total. The molecule has 1 aliphatic rings. The third kappa shape index (κ3) is 5.16. The number of para-hydroxylation sites is 1. The van der Waals surface area contributed by atoms with Crippen LogP contribution in [0.15, 0.2) is 76.1 Å². The molecule has 0 saturated carbocycles. The second-order valence-electron chi connectivity index (χ2n) is 6.56. The number of hydrogen-bond donors (Lipinski definition) is 0. The third-order valence-corrected chi connectivity index (χ3v) is 6.85. The van der Waals surface area contributed by atoms with Crippen LogP contribution in [-0.2, 0) is 11.4 Å². The molecule has 3 aromatic rings. The number of hydrogen-bond acceptors (Lipinski definition) is 4. The van der Waals surface area contributed by atoms with Crippen molar-refractivity contribution >= 4 is 85.1 Å². The predicted octanol–water partition coefficient (Wildman–Crippen LogP) is 7.74. The van der Waals surface area contributed by atoms with Crippen molar-refractivity contribution in [2.24, 2.45) is 0 Å². The van der Waals surface area contributed by atoms with E-state index in [-0.39, 0.29) is 12.5 Å². The molecule has 0 atom stereocenters. The van der Waals surface area contributed by atoms with E-state index in [4.69, 9.17) is 40.2 Å². The van der Waals surface area contributed by atoms with E-state index in [9.17, 15) is 4.79 Å². The van der Waals surface area contributed by atoms with E-state index < -0.39 is 0 Å². The van der Waals surface area contributed by atoms with Crippen molar-refractivity contribution in [3.8, 4) is 5.75 Å². The first-order valence-corrected chi connectivity index (χ1v) is 11.9. The molecule has 1 fully saturated rings. The zero-order valence-corrected chi connectivity index (χ0v) is 20.6. The SMILES string of the molecule is O=C1/C(=C\c2cc(Br)ccc2OCc2ccc(Cl)cc2Cl)SC(=S)N1c1ccccc1. The van der Waals surface area contributed by atoms with E-state index in [0.717, 1.165) is 21.3 Å². The molecule has 0 aliphatic carbocycles. The molecule has 0 bridgehead atoms. The average molecular weight is 551 g/mol. The van der Waals surface area contributed by atoms with Crippen molar-refractivity contribution in [2.45, 2.75) is 6.61 Å². The summed E-state index contributed by atoms with van der Waals surface area (Å²) in [7, 11) is 0. The zero-order valence-electron chi connectivity index (χ0n) is 15.8. The smallest absolute Gasteiger partial charge is 0.270 e. The summed E-state index contributed by atoms with van der Waals surface area (Å²) in [4.78, 5) is 15.1. The van der Waals surface area contributed by atoms with Crippen LogP contribution in [0.3, 0.4) is 0 Å². The molecule has 1 aliphatic heterocycles. The largest absolute Gasteiger partial charge is 0.488 e. The minimum atomic E-state index is -0.159. The summed E-state index contributed by atoms with van der Waals surface area (Å²) in [6, 6.07) is 20.3. The van der Waals surface area contributed by atoms with Crippen LogP contribution in [0, 0.1) is 0 Å². The second-order valence-corrected chi connectivity index (χ2v) is 9.99. The normalized spacial score (nSPS) is 15.1. The van der Waals surface area contributed by atoms with Gasteiger partial charge in [-0.05, 0) is 48.5 Å². The molecule has 3 aromatic carbocycles. The number of thiocarbonyl (C=S) groups is 1. The van der Waals surface area contributed by atoms with Crippen molar-refractivity contribution in [3.63, 3.8) is 0 Å². The summed E-state index contributed by atoms with van der Waals surface area (Å²) >= 11 is 22.4. The number of carbonyl (C=O) groups is 1. The Bertz CT molecular complexity index is 1200. The van der Waals surface area contributed by atoms with Crippen molar-refractivity contribution in [2.75, 3.05) is 4.90 Å². The van der Waals surface area contributed by atoms with Crippen LogP contribution in [0.2, 0.25) is 10.0 Å². The molecular formula is C23H14BrCl2NO2S2. The van der Waals surface area contributed by atoms with E-state index >= 15 is 0 Å². The fourth-order valence-corrected chi connectivity index (χ4v) is 5.10. The average Bonchev–Trinajstić information content (AvgIpc) is 3.02. The molecular weight excluding hydrogens is 537 g/mol. The minimum Gasteiger partial charge on any atom is -0.488 e. The van der Waals surface area contributed by atoms with Gasteiger partial charge < -0.3 is 4.74 Å². The first-order chi connectivity index (χ1) is 14.9. The lowest BCUT2D eigenvalue weighted by atomic mass is 10.1. The summed E-state index contributed by atoms with van der Waals surface area (Å²) in [5.41, 5.74) is 2.32. The summed E-state index contributed by atoms with van der Waals surface area (Å²) in [5.74, 6) is 0.465. The summed E-state index contributed by atoms with van der Waals surface area (Å²) in [6.07, 6.45) is 1.80. The maximum absolute atomic E-state index is 13.0. The highest BCUT2D eigenvalue weighted by Gasteiger charge is 2.33. The Morgan fingerprint density at radius 3 is 2.58 bits per heavy atom. The van der Waals surface area contributed by atoms with Crippen LogP contribution in [0.25, 0.3) is 6.08 Å². The predicted molar refractivity (Wildman–Crippen MR) is 137 cm³/mol. The Labute approximate surface area is 208 Å². The van der Waals surface area contributed by atoms with Crippen LogP contribution < -0.4 is 9.64 Å². The Morgan fingerprint density at radius 2 is 1.84 bits per heavy atom. The molecule has 0 spiro atoms. The lowest BCUT2D eigenvalue weighted by Gasteiger charge is -2.14. The fourth-order valence-electron chi connectivity index (χ4n) is 2.97. The molecule has 8 heteroatoms. The van der Waals surface area contributed by atoms with Gasteiger partial charge in [0.25, 0.3) is 5.91 Å². The van der Waals surface area contributed by atoms with Gasteiger partial charge in [0.05, 0.1) is 10.6 Å². The number of benzene rings is 3. The summed E-state index contributed by atoms with van der Waals surface area (Å²) in [5, 5.41) is 1.11. The van der Waals surface area contributed by atoms with Crippen molar-refractivity contribution in [1.29, 1.82) is 0 Å². The van der Waals surface area contributed by atoms with Crippen LogP contribution in [-0.4, -0.2) is 10.2 Å². The van der Waals surface area contributed by atoms with Gasteiger partial charge in [0.2, 0.25) is 0 Å². The topological polar surface area (TPSA) is 29.5 Å². The summed E-state index contributed by atoms with van der Waals surface area (Å²) in [6.45, 7) is 0.267. The molecule has 0 radical (unpaired) electrons. The van der Waals surface area contributed by atoms with E-state index in [2.05, 4.69) is 15.9 Å². The van der Waals surface area contributed by atoms with Crippen molar-refractivity contribution in [1.82, 2.24) is 0 Å². The van der Waals surface area contributed by atoms with Crippen molar-refractivity contribution < 1.29 is 9.53 Å². The Hall–Kier alpha value is -1.83. The van der Waals surface area contributed by atoms with Gasteiger partial charge in [0, 0.05) is 25.6 Å². The Balaban J connectivity index is 1.61. The zero-order chi connectivity index (χ0) is 22.0. The molecule has 0 aromatic heterocycles. The number of thioether (sulfide) groups is 1. The number of amides is 1. The number of halogens is 3. The molecule has 1 saturated heterocycles. The number of nitrogens with zero attached hydrogens (tertiary/aromatic N) is 1. The second kappa shape index (κ2) is 9.76. The third-order valence-electron chi connectivity index (χ3n) is 4.46. The van der Waals surface area contributed by atoms with Crippen LogP contribution in [0.1, 0.15) is 11.1 Å². The van der Waals surface area contributed by atoms with Crippen LogP contribution in [0.5, 0.6) is 5.75 Å². The van der Waals surface area contributed by atoms with E-state index in [0.29, 0.717) is 25.0 Å². The fraction of sp³-hybridized carbons (Fsp3) is 0.0435. The van der Waals surface area contributed by atoms with Crippen LogP contribution in [0.4, 0.5) is 5.69 Å². The van der Waals surface area contributed by atoms with E-state index in [1.54, 1.807) is 18.2 Å². The monoisotopic (exact) mass is 549 g/mol. The maximum Gasteiger partial charge on any atom is 0.270 e. The summed E-state index contributed by atoms with van der Waals surface area (Å²) < 4.78 is 7.39. The first-order valence-electron chi connectivity index (χ1n) is 9.11. The number of ether oxygens (including phenoxy) is 1. The highest BCUT2D eigenvalue weighted by Crippen LogP contribution is 2.37. The lowest BCUT2D eigenvalue weighted by Crippen LogP contribution is -2.27. The molecule has 3 nitrogen and oxygen atoms in total. The van der Waals surface area contributed by atoms with Gasteiger partial charge in [-0.1, -0.05) is 87.4 Å². The number of anilines is 1. The highest BCUT2D eigenvalue weighted by molar-refractivity contribution is 9.10. The van der Waals surface area contributed by atoms with Gasteiger partial charge >= 0.3 is 0 Å². The Morgan fingerprint density at radius 1 is 1.06 bits per heavy atom.